The lowest BCUT2D eigenvalue weighted by molar-refractivity contribution is 0.229. The summed E-state index contributed by atoms with van der Waals surface area (Å²) < 4.78 is 0. The standard InChI is InChI=1S/C11H12O.CH4/c1-3-9-7-5-6-8-10(9)11(12)4-2;/h3-8,11-12H,1-2H2;1H4. The molecule has 0 aliphatic carbocycles. The third kappa shape index (κ3) is 2.56. The van der Waals surface area contributed by atoms with Crippen molar-refractivity contribution in [1.29, 1.82) is 0 Å². The van der Waals surface area contributed by atoms with Crippen LogP contribution in [0.25, 0.3) is 6.08 Å². The van der Waals surface area contributed by atoms with Crippen molar-refractivity contribution >= 4 is 6.08 Å². The van der Waals surface area contributed by atoms with E-state index in [1.54, 1.807) is 6.08 Å². The Morgan fingerprint density at radius 1 is 1.23 bits per heavy atom. The lowest BCUT2D eigenvalue weighted by Crippen LogP contribution is -1.94. The quantitative estimate of drug-likeness (QED) is 0.701. The highest BCUT2D eigenvalue weighted by Gasteiger charge is 2.04. The molecule has 0 amide bonds. The fraction of sp³-hybridized carbons (Fsp3) is 0.167. The molecule has 0 bridgehead atoms. The van der Waals surface area contributed by atoms with Gasteiger partial charge in [0.15, 0.2) is 0 Å². The maximum Gasteiger partial charge on any atom is 0.0974 e. The van der Waals surface area contributed by atoms with Gasteiger partial charge in [0.25, 0.3) is 0 Å². The zero-order valence-electron chi connectivity index (χ0n) is 6.90. The first-order valence-corrected chi connectivity index (χ1v) is 3.81. The van der Waals surface area contributed by atoms with E-state index in [0.29, 0.717) is 0 Å². The van der Waals surface area contributed by atoms with Crippen molar-refractivity contribution in [3.8, 4) is 0 Å². The van der Waals surface area contributed by atoms with Gasteiger partial charge in [-0.3, -0.25) is 0 Å². The molecule has 13 heavy (non-hydrogen) atoms. The molecule has 0 heterocycles. The molecule has 1 N–H and O–H groups in total. The molecule has 0 aromatic heterocycles. The average Bonchev–Trinajstić information content (AvgIpc) is 2.16. The summed E-state index contributed by atoms with van der Waals surface area (Å²) in [5.41, 5.74) is 1.80. The van der Waals surface area contributed by atoms with Crippen LogP contribution in [-0.4, -0.2) is 5.11 Å². The Hall–Kier alpha value is -1.34. The largest absolute Gasteiger partial charge is 0.384 e. The summed E-state index contributed by atoms with van der Waals surface area (Å²) >= 11 is 0. The predicted molar refractivity (Wildman–Crippen MR) is 58.4 cm³/mol. The van der Waals surface area contributed by atoms with E-state index in [9.17, 15) is 5.11 Å². The minimum atomic E-state index is -0.598. The van der Waals surface area contributed by atoms with Gasteiger partial charge in [0.1, 0.15) is 0 Å². The van der Waals surface area contributed by atoms with Gasteiger partial charge in [-0.15, -0.1) is 6.58 Å². The summed E-state index contributed by atoms with van der Waals surface area (Å²) in [5, 5.41) is 9.48. The van der Waals surface area contributed by atoms with Gasteiger partial charge in [0, 0.05) is 0 Å². The Bertz CT molecular complexity index is 289. The van der Waals surface area contributed by atoms with Crippen molar-refractivity contribution in [1.82, 2.24) is 0 Å². The van der Waals surface area contributed by atoms with Gasteiger partial charge in [-0.2, -0.15) is 0 Å². The van der Waals surface area contributed by atoms with Crippen LogP contribution in [0.3, 0.4) is 0 Å². The van der Waals surface area contributed by atoms with E-state index in [2.05, 4.69) is 13.2 Å². The second-order valence-corrected chi connectivity index (χ2v) is 2.51. The molecule has 1 aromatic carbocycles. The number of hydrogen-bond acceptors (Lipinski definition) is 1. The van der Waals surface area contributed by atoms with Gasteiger partial charge in [-0.05, 0) is 11.1 Å². The molecule has 1 heteroatoms. The Morgan fingerprint density at radius 3 is 2.38 bits per heavy atom. The fourth-order valence-corrected chi connectivity index (χ4v) is 1.09. The summed E-state index contributed by atoms with van der Waals surface area (Å²) in [4.78, 5) is 0. The molecule has 0 aliphatic rings. The van der Waals surface area contributed by atoms with Crippen LogP contribution >= 0.6 is 0 Å². The first kappa shape index (κ1) is 11.7. The Kier molecular flexibility index (Phi) is 4.78. The van der Waals surface area contributed by atoms with Crippen molar-refractivity contribution in [3.05, 3.63) is 54.6 Å². The zero-order chi connectivity index (χ0) is 8.97. The molecule has 1 aromatic rings. The Balaban J connectivity index is 0.00000144. The minimum Gasteiger partial charge on any atom is -0.384 e. The first-order chi connectivity index (χ1) is 5.79. The molecular formula is C12H16O. The highest BCUT2D eigenvalue weighted by Crippen LogP contribution is 2.19. The monoisotopic (exact) mass is 176 g/mol. The molecule has 1 rings (SSSR count). The maximum atomic E-state index is 9.48. The van der Waals surface area contributed by atoms with E-state index < -0.39 is 6.10 Å². The molecule has 70 valence electrons. The van der Waals surface area contributed by atoms with Crippen molar-refractivity contribution in [2.75, 3.05) is 0 Å². The number of aliphatic hydroxyl groups excluding tert-OH is 1. The molecule has 0 saturated heterocycles. The highest BCUT2D eigenvalue weighted by atomic mass is 16.3. The lowest BCUT2D eigenvalue weighted by Gasteiger charge is -2.08. The van der Waals surface area contributed by atoms with Crippen molar-refractivity contribution < 1.29 is 5.11 Å². The van der Waals surface area contributed by atoms with Crippen LogP contribution in [0.5, 0.6) is 0 Å². The SMILES string of the molecule is C.C=Cc1ccccc1C(O)C=C. The Labute approximate surface area is 80.0 Å². The van der Waals surface area contributed by atoms with Crippen LogP contribution in [0, 0.1) is 0 Å². The second-order valence-electron chi connectivity index (χ2n) is 2.51. The van der Waals surface area contributed by atoms with Gasteiger partial charge >= 0.3 is 0 Å². The van der Waals surface area contributed by atoms with Crippen molar-refractivity contribution in [3.63, 3.8) is 0 Å². The van der Waals surface area contributed by atoms with Crippen LogP contribution in [-0.2, 0) is 0 Å². The molecule has 0 saturated carbocycles. The normalized spacial score (nSPS) is 11.2. The molecule has 1 unspecified atom stereocenters. The topological polar surface area (TPSA) is 20.2 Å². The summed E-state index contributed by atoms with van der Waals surface area (Å²) in [5.74, 6) is 0. The molecule has 0 aliphatic heterocycles. The fourth-order valence-electron chi connectivity index (χ4n) is 1.09. The predicted octanol–water partition coefficient (Wildman–Crippen LogP) is 3.19. The van der Waals surface area contributed by atoms with Crippen LogP contribution in [0.4, 0.5) is 0 Å². The maximum absolute atomic E-state index is 9.48. The minimum absolute atomic E-state index is 0. The van der Waals surface area contributed by atoms with E-state index in [4.69, 9.17) is 0 Å². The van der Waals surface area contributed by atoms with Crippen molar-refractivity contribution in [2.45, 2.75) is 13.5 Å². The smallest absolute Gasteiger partial charge is 0.0974 e. The van der Waals surface area contributed by atoms with Gasteiger partial charge < -0.3 is 5.11 Å². The molecule has 1 atom stereocenters. The van der Waals surface area contributed by atoms with Crippen LogP contribution in [0.1, 0.15) is 24.7 Å². The molecular weight excluding hydrogens is 160 g/mol. The summed E-state index contributed by atoms with van der Waals surface area (Å²) in [6.45, 7) is 7.19. The van der Waals surface area contributed by atoms with E-state index in [1.165, 1.54) is 6.08 Å². The van der Waals surface area contributed by atoms with Gasteiger partial charge in [0.2, 0.25) is 0 Å². The number of hydrogen-bond donors (Lipinski definition) is 1. The molecule has 0 fully saturated rings. The van der Waals surface area contributed by atoms with Gasteiger partial charge in [-0.1, -0.05) is 50.4 Å². The average molecular weight is 176 g/mol. The van der Waals surface area contributed by atoms with E-state index >= 15 is 0 Å². The third-order valence-electron chi connectivity index (χ3n) is 1.76. The lowest BCUT2D eigenvalue weighted by atomic mass is 10.0. The summed E-state index contributed by atoms with van der Waals surface area (Å²) in [6, 6.07) is 7.57. The van der Waals surface area contributed by atoms with Gasteiger partial charge in [-0.25, -0.2) is 0 Å². The molecule has 0 spiro atoms. The highest BCUT2D eigenvalue weighted by molar-refractivity contribution is 5.52. The van der Waals surface area contributed by atoms with Crippen LogP contribution in [0.15, 0.2) is 43.5 Å². The van der Waals surface area contributed by atoms with Crippen LogP contribution in [0.2, 0.25) is 0 Å². The number of aliphatic hydroxyl groups is 1. The number of benzene rings is 1. The van der Waals surface area contributed by atoms with E-state index in [1.807, 2.05) is 24.3 Å². The zero-order valence-corrected chi connectivity index (χ0v) is 6.90. The molecule has 1 nitrogen and oxygen atoms in total. The van der Waals surface area contributed by atoms with E-state index in [0.717, 1.165) is 11.1 Å². The first-order valence-electron chi connectivity index (χ1n) is 3.81. The van der Waals surface area contributed by atoms with Gasteiger partial charge in [0.05, 0.1) is 6.10 Å². The molecule has 0 radical (unpaired) electrons. The summed E-state index contributed by atoms with van der Waals surface area (Å²) in [6.07, 6.45) is 2.63. The number of rotatable bonds is 3. The van der Waals surface area contributed by atoms with Crippen LogP contribution < -0.4 is 0 Å². The van der Waals surface area contributed by atoms with Crippen molar-refractivity contribution in [2.24, 2.45) is 0 Å². The second kappa shape index (κ2) is 5.33. The summed E-state index contributed by atoms with van der Waals surface area (Å²) in [7, 11) is 0. The van der Waals surface area contributed by atoms with E-state index in [-0.39, 0.29) is 7.43 Å². The Morgan fingerprint density at radius 2 is 1.85 bits per heavy atom. The third-order valence-corrected chi connectivity index (χ3v) is 1.76.